The molecular weight excluding hydrogens is 350 g/mol. The maximum atomic E-state index is 12.5. The Labute approximate surface area is 157 Å². The highest BCUT2D eigenvalue weighted by atomic mass is 35.5. The molecular formula is C20H18ClN3O2. The maximum absolute atomic E-state index is 12.5. The molecule has 0 unspecified atom stereocenters. The summed E-state index contributed by atoms with van der Waals surface area (Å²) in [5, 5.41) is 6.73. The number of benzene rings is 2. The van der Waals surface area contributed by atoms with Gasteiger partial charge in [0.1, 0.15) is 5.75 Å². The molecule has 1 aromatic heterocycles. The number of anilines is 3. The first-order valence-corrected chi connectivity index (χ1v) is 8.36. The lowest BCUT2D eigenvalue weighted by Crippen LogP contribution is -2.13. The van der Waals surface area contributed by atoms with Crippen LogP contribution in [0.2, 0.25) is 5.02 Å². The largest absolute Gasteiger partial charge is 0.497 e. The molecule has 0 aliphatic carbocycles. The fourth-order valence-electron chi connectivity index (χ4n) is 2.46. The lowest BCUT2D eigenvalue weighted by molar-refractivity contribution is 0.102. The predicted molar refractivity (Wildman–Crippen MR) is 105 cm³/mol. The van der Waals surface area contributed by atoms with Gasteiger partial charge >= 0.3 is 0 Å². The summed E-state index contributed by atoms with van der Waals surface area (Å²) in [6, 6.07) is 14.6. The van der Waals surface area contributed by atoms with E-state index in [0.29, 0.717) is 22.0 Å². The minimum atomic E-state index is -0.239. The summed E-state index contributed by atoms with van der Waals surface area (Å²) in [7, 11) is 1.62. The molecule has 1 heterocycles. The van der Waals surface area contributed by atoms with Crippen LogP contribution in [0.25, 0.3) is 0 Å². The topological polar surface area (TPSA) is 63.2 Å². The molecule has 3 rings (SSSR count). The predicted octanol–water partition coefficient (Wildman–Crippen LogP) is 5.05. The van der Waals surface area contributed by atoms with E-state index in [9.17, 15) is 4.79 Å². The minimum absolute atomic E-state index is 0.239. The van der Waals surface area contributed by atoms with Crippen molar-refractivity contribution in [3.63, 3.8) is 0 Å². The van der Waals surface area contributed by atoms with Crippen LogP contribution in [0, 0.1) is 6.92 Å². The lowest BCUT2D eigenvalue weighted by atomic mass is 10.2. The van der Waals surface area contributed by atoms with Crippen LogP contribution < -0.4 is 15.4 Å². The van der Waals surface area contributed by atoms with E-state index in [2.05, 4.69) is 15.6 Å². The van der Waals surface area contributed by atoms with E-state index in [-0.39, 0.29) is 5.91 Å². The molecule has 132 valence electrons. The van der Waals surface area contributed by atoms with Gasteiger partial charge in [0.25, 0.3) is 5.91 Å². The molecule has 26 heavy (non-hydrogen) atoms. The third kappa shape index (κ3) is 4.32. The van der Waals surface area contributed by atoms with Gasteiger partial charge in [0.05, 0.1) is 24.6 Å². The standard InChI is InChI=1S/C20H18ClN3O2/c1-13-8-15(21)6-7-19(13)24-20(25)14-9-17(12-22-11-14)23-16-4-3-5-18(10-16)26-2/h3-12,23H,1-2H3,(H,24,25). The number of hydrogen-bond acceptors (Lipinski definition) is 4. The third-order valence-corrected chi connectivity index (χ3v) is 4.03. The summed E-state index contributed by atoms with van der Waals surface area (Å²) >= 11 is 5.95. The number of amides is 1. The zero-order chi connectivity index (χ0) is 18.5. The van der Waals surface area contributed by atoms with Crippen LogP contribution in [0.15, 0.2) is 60.9 Å². The Morgan fingerprint density at radius 1 is 1.08 bits per heavy atom. The number of carbonyl (C=O) groups is 1. The van der Waals surface area contributed by atoms with E-state index in [4.69, 9.17) is 16.3 Å². The summed E-state index contributed by atoms with van der Waals surface area (Å²) < 4.78 is 5.21. The number of halogens is 1. The first-order chi connectivity index (χ1) is 12.5. The summed E-state index contributed by atoms with van der Waals surface area (Å²) in [5.74, 6) is 0.507. The second kappa shape index (κ2) is 7.89. The van der Waals surface area contributed by atoms with Gasteiger partial charge in [-0.15, -0.1) is 0 Å². The van der Waals surface area contributed by atoms with E-state index < -0.39 is 0 Å². The van der Waals surface area contributed by atoms with E-state index in [1.807, 2.05) is 31.2 Å². The number of nitrogens with zero attached hydrogens (tertiary/aromatic N) is 1. The molecule has 0 spiro atoms. The van der Waals surface area contributed by atoms with Crippen molar-refractivity contribution in [2.45, 2.75) is 6.92 Å². The Hall–Kier alpha value is -3.05. The van der Waals surface area contributed by atoms with E-state index in [1.54, 1.807) is 37.6 Å². The van der Waals surface area contributed by atoms with Crippen molar-refractivity contribution in [3.8, 4) is 5.75 Å². The highest BCUT2D eigenvalue weighted by Crippen LogP contribution is 2.23. The molecule has 0 fully saturated rings. The third-order valence-electron chi connectivity index (χ3n) is 3.80. The highest BCUT2D eigenvalue weighted by molar-refractivity contribution is 6.30. The lowest BCUT2D eigenvalue weighted by Gasteiger charge is -2.11. The fourth-order valence-corrected chi connectivity index (χ4v) is 2.69. The molecule has 0 saturated heterocycles. The summed E-state index contributed by atoms with van der Waals surface area (Å²) in [5.41, 5.74) is 3.61. The number of aromatic nitrogens is 1. The van der Waals surface area contributed by atoms with Gasteiger partial charge in [-0.1, -0.05) is 17.7 Å². The van der Waals surface area contributed by atoms with Crippen molar-refractivity contribution < 1.29 is 9.53 Å². The van der Waals surface area contributed by atoms with Crippen molar-refractivity contribution >= 4 is 34.6 Å². The van der Waals surface area contributed by atoms with Gasteiger partial charge in [-0.2, -0.15) is 0 Å². The van der Waals surface area contributed by atoms with E-state index in [0.717, 1.165) is 17.0 Å². The van der Waals surface area contributed by atoms with E-state index in [1.165, 1.54) is 6.20 Å². The van der Waals surface area contributed by atoms with Gasteiger partial charge in [0.15, 0.2) is 0 Å². The average molecular weight is 368 g/mol. The Morgan fingerprint density at radius 3 is 2.69 bits per heavy atom. The van der Waals surface area contributed by atoms with Gasteiger partial charge < -0.3 is 15.4 Å². The molecule has 0 radical (unpaired) electrons. The Bertz CT molecular complexity index is 944. The number of carbonyl (C=O) groups excluding carboxylic acids is 1. The number of aryl methyl sites for hydroxylation is 1. The summed E-state index contributed by atoms with van der Waals surface area (Å²) in [6.45, 7) is 1.89. The number of methoxy groups -OCH3 is 1. The van der Waals surface area contributed by atoms with Crippen LogP contribution in [0.5, 0.6) is 5.75 Å². The minimum Gasteiger partial charge on any atom is -0.497 e. The number of nitrogens with one attached hydrogen (secondary N) is 2. The van der Waals surface area contributed by atoms with Crippen LogP contribution in [-0.2, 0) is 0 Å². The number of hydrogen-bond donors (Lipinski definition) is 2. The maximum Gasteiger partial charge on any atom is 0.257 e. The number of ether oxygens (including phenoxy) is 1. The van der Waals surface area contributed by atoms with Crippen molar-refractivity contribution in [2.24, 2.45) is 0 Å². The number of pyridine rings is 1. The molecule has 0 atom stereocenters. The van der Waals surface area contributed by atoms with Gasteiger partial charge in [-0.25, -0.2) is 0 Å². The second-order valence-corrected chi connectivity index (χ2v) is 6.17. The van der Waals surface area contributed by atoms with E-state index >= 15 is 0 Å². The van der Waals surface area contributed by atoms with Crippen molar-refractivity contribution in [1.82, 2.24) is 4.98 Å². The van der Waals surface area contributed by atoms with Gasteiger partial charge in [-0.3, -0.25) is 9.78 Å². The molecule has 2 aromatic carbocycles. The molecule has 1 amide bonds. The van der Waals surface area contributed by atoms with Crippen LogP contribution in [0.3, 0.4) is 0 Å². The molecule has 2 N–H and O–H groups in total. The van der Waals surface area contributed by atoms with Crippen molar-refractivity contribution in [1.29, 1.82) is 0 Å². The first kappa shape index (κ1) is 17.8. The van der Waals surface area contributed by atoms with Gasteiger partial charge in [-0.05, 0) is 48.9 Å². The zero-order valence-electron chi connectivity index (χ0n) is 14.4. The zero-order valence-corrected chi connectivity index (χ0v) is 15.2. The van der Waals surface area contributed by atoms with Crippen molar-refractivity contribution in [3.05, 3.63) is 77.1 Å². The van der Waals surface area contributed by atoms with Crippen molar-refractivity contribution in [2.75, 3.05) is 17.7 Å². The molecule has 0 saturated carbocycles. The normalized spacial score (nSPS) is 10.3. The fraction of sp³-hybridized carbons (Fsp3) is 0.100. The molecule has 5 nitrogen and oxygen atoms in total. The van der Waals surface area contributed by atoms with Gasteiger partial charge in [0.2, 0.25) is 0 Å². The van der Waals surface area contributed by atoms with Crippen LogP contribution in [-0.4, -0.2) is 18.0 Å². The van der Waals surface area contributed by atoms with Crippen LogP contribution in [0.1, 0.15) is 15.9 Å². The Kier molecular flexibility index (Phi) is 5.39. The molecule has 6 heteroatoms. The SMILES string of the molecule is COc1cccc(Nc2cncc(C(=O)Nc3ccc(Cl)cc3C)c2)c1. The Morgan fingerprint density at radius 2 is 1.92 bits per heavy atom. The van der Waals surface area contributed by atoms with Crippen LogP contribution >= 0.6 is 11.6 Å². The molecule has 0 aliphatic rings. The Balaban J connectivity index is 1.76. The number of rotatable bonds is 5. The quantitative estimate of drug-likeness (QED) is 0.662. The average Bonchev–Trinajstić information content (AvgIpc) is 2.64. The van der Waals surface area contributed by atoms with Crippen LogP contribution in [0.4, 0.5) is 17.1 Å². The first-order valence-electron chi connectivity index (χ1n) is 7.99. The molecule has 0 bridgehead atoms. The molecule has 3 aromatic rings. The summed E-state index contributed by atoms with van der Waals surface area (Å²) in [4.78, 5) is 16.7. The smallest absolute Gasteiger partial charge is 0.257 e. The van der Waals surface area contributed by atoms with Gasteiger partial charge in [0, 0.05) is 28.7 Å². The summed E-state index contributed by atoms with van der Waals surface area (Å²) in [6.07, 6.45) is 3.18. The highest BCUT2D eigenvalue weighted by Gasteiger charge is 2.10. The monoisotopic (exact) mass is 367 g/mol. The molecule has 0 aliphatic heterocycles. The second-order valence-electron chi connectivity index (χ2n) is 5.73.